The molecule has 1 aromatic rings. The third-order valence-electron chi connectivity index (χ3n) is 2.63. The Balaban J connectivity index is 3.07. The van der Waals surface area contributed by atoms with Gasteiger partial charge in [-0.2, -0.15) is 0 Å². The van der Waals surface area contributed by atoms with Crippen LogP contribution < -0.4 is 10.1 Å². The molecule has 0 fully saturated rings. The van der Waals surface area contributed by atoms with Gasteiger partial charge < -0.3 is 15.2 Å². The van der Waals surface area contributed by atoms with Gasteiger partial charge >= 0.3 is 11.7 Å². The summed E-state index contributed by atoms with van der Waals surface area (Å²) in [6.45, 7) is 3.71. The second-order valence-electron chi connectivity index (χ2n) is 4.27. The second-order valence-corrected chi connectivity index (χ2v) is 4.27. The number of nitro groups is 1. The Morgan fingerprint density at radius 3 is 2.67 bits per heavy atom. The highest BCUT2D eigenvalue weighted by molar-refractivity contribution is 5.93. The Hall–Kier alpha value is -2.64. The van der Waals surface area contributed by atoms with Crippen LogP contribution in [0.15, 0.2) is 18.2 Å². The van der Waals surface area contributed by atoms with Crippen molar-refractivity contribution < 1.29 is 24.4 Å². The van der Waals surface area contributed by atoms with E-state index in [0.717, 1.165) is 12.5 Å². The molecule has 0 aliphatic heterocycles. The predicted octanol–water partition coefficient (Wildman–Crippen LogP) is 1.59. The molecule has 21 heavy (non-hydrogen) atoms. The highest BCUT2D eigenvalue weighted by Gasteiger charge is 2.26. The smallest absolute Gasteiger partial charge is 0.339 e. The number of rotatable bonds is 7. The van der Waals surface area contributed by atoms with Crippen molar-refractivity contribution in [2.24, 2.45) is 0 Å². The number of nitro benzene ring substituents is 1. The van der Waals surface area contributed by atoms with Crippen molar-refractivity contribution >= 4 is 17.6 Å². The molecule has 0 aromatic heterocycles. The molecule has 0 heterocycles. The standard InChI is InChI=1S/C13H16N2O6/c1-3-7-14-12(16)8(2)21-11-9(13(17)18)5-4-6-10(11)15(19)20/h4-6,8H,3,7H2,1-2H3,(H,14,16)(H,17,18). The molecule has 0 aliphatic carbocycles. The number of nitrogens with zero attached hydrogens (tertiary/aromatic N) is 1. The molecule has 1 atom stereocenters. The van der Waals surface area contributed by atoms with Gasteiger partial charge in [-0.05, 0) is 19.4 Å². The number of aromatic carboxylic acids is 1. The van der Waals surface area contributed by atoms with Gasteiger partial charge in [0.2, 0.25) is 5.75 Å². The number of carbonyl (C=O) groups excluding carboxylic acids is 1. The third-order valence-corrected chi connectivity index (χ3v) is 2.63. The molecule has 0 spiro atoms. The average molecular weight is 296 g/mol. The number of carbonyl (C=O) groups is 2. The summed E-state index contributed by atoms with van der Waals surface area (Å²) in [5, 5.41) is 22.6. The Bertz CT molecular complexity index is 525. The van der Waals surface area contributed by atoms with Crippen LogP contribution in [0.5, 0.6) is 5.75 Å². The molecule has 8 nitrogen and oxygen atoms in total. The quantitative estimate of drug-likeness (QED) is 0.582. The van der Waals surface area contributed by atoms with Gasteiger partial charge in [0.15, 0.2) is 6.10 Å². The van der Waals surface area contributed by atoms with Crippen LogP contribution in [-0.4, -0.2) is 34.6 Å². The van der Waals surface area contributed by atoms with E-state index in [9.17, 15) is 19.7 Å². The maximum Gasteiger partial charge on any atom is 0.339 e. The maximum atomic E-state index is 11.7. The first kappa shape index (κ1) is 16.4. The summed E-state index contributed by atoms with van der Waals surface area (Å²) in [5.74, 6) is -2.25. The molecular weight excluding hydrogens is 280 g/mol. The van der Waals surface area contributed by atoms with Crippen LogP contribution in [0.4, 0.5) is 5.69 Å². The van der Waals surface area contributed by atoms with E-state index in [0.29, 0.717) is 6.54 Å². The SMILES string of the molecule is CCCNC(=O)C(C)Oc1c(C(=O)O)cccc1[N+](=O)[O-]. The molecule has 0 bridgehead atoms. The number of ether oxygens (including phenoxy) is 1. The molecule has 0 aliphatic rings. The van der Waals surface area contributed by atoms with Crippen LogP contribution in [0.2, 0.25) is 0 Å². The molecule has 1 rings (SSSR count). The van der Waals surface area contributed by atoms with Gasteiger partial charge in [0.05, 0.1) is 4.92 Å². The van der Waals surface area contributed by atoms with Gasteiger partial charge in [-0.25, -0.2) is 4.79 Å². The number of carboxylic acid groups (broad SMARTS) is 1. The van der Waals surface area contributed by atoms with Gasteiger partial charge in [-0.1, -0.05) is 13.0 Å². The van der Waals surface area contributed by atoms with E-state index in [1.807, 2.05) is 6.92 Å². The Kier molecular flexibility index (Phi) is 5.65. The normalized spacial score (nSPS) is 11.5. The van der Waals surface area contributed by atoms with Crippen LogP contribution in [0.3, 0.4) is 0 Å². The number of benzene rings is 1. The summed E-state index contributed by atoms with van der Waals surface area (Å²) >= 11 is 0. The molecule has 0 radical (unpaired) electrons. The monoisotopic (exact) mass is 296 g/mol. The van der Waals surface area contributed by atoms with Crippen molar-refractivity contribution in [2.45, 2.75) is 26.4 Å². The lowest BCUT2D eigenvalue weighted by molar-refractivity contribution is -0.386. The van der Waals surface area contributed by atoms with Crippen molar-refractivity contribution in [3.8, 4) is 5.75 Å². The first-order valence-corrected chi connectivity index (χ1v) is 6.33. The van der Waals surface area contributed by atoms with Gasteiger partial charge in [0.1, 0.15) is 5.56 Å². The molecule has 114 valence electrons. The van der Waals surface area contributed by atoms with Crippen LogP contribution in [0.25, 0.3) is 0 Å². The Morgan fingerprint density at radius 1 is 1.48 bits per heavy atom. The summed E-state index contributed by atoms with van der Waals surface area (Å²) < 4.78 is 5.22. The minimum absolute atomic E-state index is 0.362. The summed E-state index contributed by atoms with van der Waals surface area (Å²) in [6, 6.07) is 3.55. The lowest BCUT2D eigenvalue weighted by Gasteiger charge is -2.15. The molecule has 1 aromatic carbocycles. The molecule has 0 saturated heterocycles. The maximum absolute atomic E-state index is 11.7. The van der Waals surface area contributed by atoms with Crippen molar-refractivity contribution in [3.63, 3.8) is 0 Å². The van der Waals surface area contributed by atoms with E-state index in [1.54, 1.807) is 0 Å². The lowest BCUT2D eigenvalue weighted by Crippen LogP contribution is -2.37. The fourth-order valence-corrected chi connectivity index (χ4v) is 1.58. The second kappa shape index (κ2) is 7.22. The van der Waals surface area contributed by atoms with E-state index in [1.165, 1.54) is 19.1 Å². The Labute approximate surface area is 120 Å². The molecule has 1 amide bonds. The van der Waals surface area contributed by atoms with Crippen LogP contribution in [-0.2, 0) is 4.79 Å². The third kappa shape index (κ3) is 4.16. The summed E-state index contributed by atoms with van der Waals surface area (Å²) in [6.07, 6.45) is -0.319. The van der Waals surface area contributed by atoms with E-state index in [4.69, 9.17) is 9.84 Å². The molecule has 8 heteroatoms. The Morgan fingerprint density at radius 2 is 2.14 bits per heavy atom. The van der Waals surface area contributed by atoms with Gasteiger partial charge in [-0.15, -0.1) is 0 Å². The fraction of sp³-hybridized carbons (Fsp3) is 0.385. The topological polar surface area (TPSA) is 119 Å². The fourth-order valence-electron chi connectivity index (χ4n) is 1.58. The zero-order chi connectivity index (χ0) is 16.0. The summed E-state index contributed by atoms with van der Waals surface area (Å²) in [7, 11) is 0. The van der Waals surface area contributed by atoms with Crippen molar-refractivity contribution in [3.05, 3.63) is 33.9 Å². The molecular formula is C13H16N2O6. The number of carboxylic acids is 1. The van der Waals surface area contributed by atoms with Crippen molar-refractivity contribution in [2.75, 3.05) is 6.54 Å². The first-order chi connectivity index (χ1) is 9.88. The number of para-hydroxylation sites is 1. The number of hydrogen-bond acceptors (Lipinski definition) is 5. The van der Waals surface area contributed by atoms with Crippen LogP contribution >= 0.6 is 0 Å². The molecule has 2 N–H and O–H groups in total. The minimum Gasteiger partial charge on any atom is -0.478 e. The summed E-state index contributed by atoms with van der Waals surface area (Å²) in [5.41, 5.74) is -0.857. The minimum atomic E-state index is -1.37. The average Bonchev–Trinajstić information content (AvgIpc) is 2.44. The lowest BCUT2D eigenvalue weighted by atomic mass is 10.1. The number of nitrogens with one attached hydrogen (secondary N) is 1. The van der Waals surface area contributed by atoms with E-state index in [2.05, 4.69) is 5.32 Å². The zero-order valence-corrected chi connectivity index (χ0v) is 11.7. The van der Waals surface area contributed by atoms with Gasteiger partial charge in [0.25, 0.3) is 5.91 Å². The molecule has 0 saturated carbocycles. The van der Waals surface area contributed by atoms with Gasteiger partial charge in [-0.3, -0.25) is 14.9 Å². The number of hydrogen-bond donors (Lipinski definition) is 2. The number of amides is 1. The molecule has 1 unspecified atom stereocenters. The van der Waals surface area contributed by atoms with E-state index < -0.39 is 34.3 Å². The summed E-state index contributed by atoms with van der Waals surface area (Å²) in [4.78, 5) is 33.0. The van der Waals surface area contributed by atoms with Crippen molar-refractivity contribution in [1.82, 2.24) is 5.32 Å². The highest BCUT2D eigenvalue weighted by Crippen LogP contribution is 2.31. The van der Waals surface area contributed by atoms with E-state index in [-0.39, 0.29) is 5.56 Å². The van der Waals surface area contributed by atoms with E-state index >= 15 is 0 Å². The van der Waals surface area contributed by atoms with Crippen molar-refractivity contribution in [1.29, 1.82) is 0 Å². The zero-order valence-electron chi connectivity index (χ0n) is 11.7. The predicted molar refractivity (Wildman–Crippen MR) is 73.4 cm³/mol. The van der Waals surface area contributed by atoms with Crippen LogP contribution in [0, 0.1) is 10.1 Å². The largest absolute Gasteiger partial charge is 0.478 e. The van der Waals surface area contributed by atoms with Crippen LogP contribution in [0.1, 0.15) is 30.6 Å². The first-order valence-electron chi connectivity index (χ1n) is 6.33. The highest BCUT2D eigenvalue weighted by atomic mass is 16.6. The van der Waals surface area contributed by atoms with Gasteiger partial charge in [0, 0.05) is 12.6 Å².